The Hall–Kier alpha value is -0.572. The van der Waals surface area contributed by atoms with Gasteiger partial charge in [0.1, 0.15) is 0 Å². The lowest BCUT2D eigenvalue weighted by molar-refractivity contribution is -0.140. The molecule has 0 unspecified atom stereocenters. The van der Waals surface area contributed by atoms with Crippen molar-refractivity contribution in [2.24, 2.45) is 0 Å². The lowest BCUT2D eigenvalue weighted by Gasteiger charge is -2.41. The van der Waals surface area contributed by atoms with E-state index in [0.29, 0.717) is 13.0 Å². The van der Waals surface area contributed by atoms with Crippen molar-refractivity contribution in [1.82, 2.24) is 0 Å². The molecule has 0 radical (unpaired) electrons. The number of carbonyl (C=O) groups excluding carboxylic acids is 2. The van der Waals surface area contributed by atoms with Crippen molar-refractivity contribution in [2.75, 3.05) is 13.2 Å². The van der Waals surface area contributed by atoms with Gasteiger partial charge in [0.05, 0.1) is 13.2 Å². The van der Waals surface area contributed by atoms with Crippen LogP contribution in [0.2, 0.25) is 65.0 Å². The maximum atomic E-state index is 11.9. The van der Waals surface area contributed by atoms with Gasteiger partial charge in [-0.2, -0.15) is 0 Å². The second kappa shape index (κ2) is 16.3. The molecule has 0 aliphatic rings. The number of hydrogen-bond acceptors (Lipinski definition) is 7. The average Bonchev–Trinajstić information content (AvgIpc) is 2.65. The fraction of sp³-hybridized carbons (Fsp3) is 0.833. The molecule has 0 heterocycles. The first-order valence-electron chi connectivity index (χ1n) is 13.1. The fourth-order valence-electron chi connectivity index (χ4n) is 3.69. The summed E-state index contributed by atoms with van der Waals surface area (Å²) in [6.45, 7) is 22.1. The summed E-state index contributed by atoms with van der Waals surface area (Å²) in [6, 6.07) is 0.816. The van der Waals surface area contributed by atoms with Gasteiger partial charge in [0, 0.05) is 18.7 Å². The summed E-state index contributed by atoms with van der Waals surface area (Å²) in [5.74, 6) is -1.04. The Bertz CT molecular complexity index is 639. The summed E-state index contributed by atoms with van der Waals surface area (Å²) < 4.78 is 29.9. The molecule has 0 aromatic rings. The van der Waals surface area contributed by atoms with E-state index in [0.717, 1.165) is 37.5 Å². The van der Waals surface area contributed by atoms with E-state index in [2.05, 4.69) is 59.3 Å². The molecule has 7 nitrogen and oxygen atoms in total. The van der Waals surface area contributed by atoms with Crippen LogP contribution in [0, 0.1) is 0 Å². The molecule has 0 rings (SSSR count). The van der Waals surface area contributed by atoms with E-state index >= 15 is 0 Å². The van der Waals surface area contributed by atoms with Gasteiger partial charge in [0.2, 0.25) is 0 Å². The molecule has 0 spiro atoms. The van der Waals surface area contributed by atoms with Crippen LogP contribution in [-0.2, 0) is 31.4 Å². The number of unbranched alkanes of at least 4 members (excludes halogenated alkanes) is 5. The van der Waals surface area contributed by atoms with Crippen LogP contribution >= 0.6 is 0 Å². The van der Waals surface area contributed by atoms with Crippen LogP contribution in [0.1, 0.15) is 51.9 Å². The molecule has 0 aliphatic carbocycles. The summed E-state index contributed by atoms with van der Waals surface area (Å²) in [5, 5.41) is 0. The second-order valence-electron chi connectivity index (χ2n) is 11.7. The maximum absolute atomic E-state index is 11.9. The minimum absolute atomic E-state index is 0.276. The smallest absolute Gasteiger partial charge is 0.463 e. The normalized spacial score (nSPS) is 13.3. The van der Waals surface area contributed by atoms with E-state index in [1.807, 2.05) is 6.55 Å². The molecule has 35 heavy (non-hydrogen) atoms. The van der Waals surface area contributed by atoms with Crippen molar-refractivity contribution in [3.05, 3.63) is 12.2 Å². The van der Waals surface area contributed by atoms with Gasteiger partial charge in [-0.15, -0.1) is 0 Å². The lowest BCUT2D eigenvalue weighted by Crippen LogP contribution is -2.59. The summed E-state index contributed by atoms with van der Waals surface area (Å²) in [6.07, 6.45) is 9.71. The zero-order valence-corrected chi connectivity index (χ0v) is 28.1. The van der Waals surface area contributed by atoms with Crippen LogP contribution in [0.4, 0.5) is 0 Å². The number of carbonyl (C=O) groups is 2. The minimum atomic E-state index is -2.77. The largest absolute Gasteiger partial charge is 0.466 e. The molecule has 206 valence electrons. The number of esters is 2. The first kappa shape index (κ1) is 34.4. The number of ether oxygens (including phenoxy) is 2. The Kier molecular flexibility index (Phi) is 16.0. The third-order valence-electron chi connectivity index (χ3n) is 4.71. The van der Waals surface area contributed by atoms with Gasteiger partial charge in [0.15, 0.2) is 25.0 Å². The van der Waals surface area contributed by atoms with Crippen LogP contribution in [0.25, 0.3) is 0 Å². The van der Waals surface area contributed by atoms with E-state index in [9.17, 15) is 9.59 Å². The van der Waals surface area contributed by atoms with E-state index in [1.54, 1.807) is 0 Å². The Labute approximate surface area is 219 Å². The Morgan fingerprint density at radius 3 is 1.49 bits per heavy atom. The monoisotopic (exact) mass is 564 g/mol. The van der Waals surface area contributed by atoms with Crippen LogP contribution in [0.5, 0.6) is 0 Å². The predicted molar refractivity (Wildman–Crippen MR) is 153 cm³/mol. The molecule has 0 bridgehead atoms. The van der Waals surface area contributed by atoms with Gasteiger partial charge in [0.25, 0.3) is 0 Å². The van der Waals surface area contributed by atoms with E-state index < -0.39 is 45.7 Å². The molecule has 0 aromatic heterocycles. The van der Waals surface area contributed by atoms with Crippen LogP contribution in [-0.4, -0.2) is 58.9 Å². The average molecular weight is 565 g/mol. The van der Waals surface area contributed by atoms with Crippen molar-refractivity contribution in [3.8, 4) is 0 Å². The lowest BCUT2D eigenvalue weighted by atomic mass is 10.1. The molecular formula is C24H52O7Si4. The summed E-state index contributed by atoms with van der Waals surface area (Å²) in [5.41, 5.74) is 0. The number of hydrogen-bond donors (Lipinski definition) is 0. The van der Waals surface area contributed by atoms with E-state index in [-0.39, 0.29) is 6.61 Å². The third kappa shape index (κ3) is 21.2. The molecule has 0 amide bonds. The summed E-state index contributed by atoms with van der Waals surface area (Å²) in [7, 11) is -8.56. The molecule has 0 aromatic carbocycles. The molecular weight excluding hydrogens is 513 g/mol. The van der Waals surface area contributed by atoms with Crippen molar-refractivity contribution >= 4 is 45.7 Å². The van der Waals surface area contributed by atoms with Crippen LogP contribution in [0.3, 0.4) is 0 Å². The quantitative estimate of drug-likeness (QED) is 0.0732. The Morgan fingerprint density at radius 2 is 1.03 bits per heavy atom. The molecule has 0 aliphatic heterocycles. The second-order valence-corrected chi connectivity index (χ2v) is 28.3. The van der Waals surface area contributed by atoms with Crippen molar-refractivity contribution in [2.45, 2.75) is 117 Å². The maximum Gasteiger partial charge on any atom is 0.466 e. The zero-order chi connectivity index (χ0) is 27.2. The van der Waals surface area contributed by atoms with Gasteiger partial charge >= 0.3 is 20.7 Å². The van der Waals surface area contributed by atoms with Gasteiger partial charge in [-0.05, 0) is 71.3 Å². The fourth-order valence-corrected chi connectivity index (χ4v) is 19.6. The molecule has 0 saturated heterocycles. The molecule has 11 heteroatoms. The Morgan fingerprint density at radius 1 is 0.600 bits per heavy atom. The zero-order valence-electron chi connectivity index (χ0n) is 24.1. The van der Waals surface area contributed by atoms with E-state index in [4.69, 9.17) is 21.8 Å². The van der Waals surface area contributed by atoms with E-state index in [1.165, 1.54) is 19.3 Å². The first-order chi connectivity index (χ1) is 16.0. The van der Waals surface area contributed by atoms with Crippen LogP contribution < -0.4 is 0 Å². The standard InChI is InChI=1S/C24H52O7Si4/c1-11-12-13-14-15-16-20-27-23(25)18-19-24(26)28-21-17-22-34(8,9)31-35(10,29-32(2,3)4)30-33(5,6)7/h18-19H,11-17,20-22H2,1-10H3/b19-18+. The van der Waals surface area contributed by atoms with Gasteiger partial charge < -0.3 is 21.8 Å². The van der Waals surface area contributed by atoms with Crippen molar-refractivity contribution in [1.29, 1.82) is 0 Å². The third-order valence-corrected chi connectivity index (χ3v) is 17.8. The molecule has 0 fully saturated rings. The molecule has 0 saturated carbocycles. The predicted octanol–water partition coefficient (Wildman–Crippen LogP) is 6.87. The highest BCUT2D eigenvalue weighted by atomic mass is 28.5. The van der Waals surface area contributed by atoms with Gasteiger partial charge in [-0.25, -0.2) is 9.59 Å². The highest BCUT2D eigenvalue weighted by Gasteiger charge is 2.46. The van der Waals surface area contributed by atoms with Crippen LogP contribution in [0.15, 0.2) is 12.2 Å². The highest BCUT2D eigenvalue weighted by molar-refractivity contribution is 6.89. The van der Waals surface area contributed by atoms with Gasteiger partial charge in [-0.3, -0.25) is 0 Å². The SMILES string of the molecule is CCCCCCCCOC(=O)/C=C/C(=O)OCCC[Si](C)(C)O[Si](C)(O[Si](C)(C)C)O[Si](C)(C)C. The molecule has 0 N–H and O–H groups in total. The highest BCUT2D eigenvalue weighted by Crippen LogP contribution is 2.27. The first-order valence-corrected chi connectivity index (χ1v) is 25.2. The number of rotatable bonds is 19. The topological polar surface area (TPSA) is 80.3 Å². The summed E-state index contributed by atoms with van der Waals surface area (Å²) in [4.78, 5) is 23.7. The van der Waals surface area contributed by atoms with Gasteiger partial charge in [-0.1, -0.05) is 39.0 Å². The van der Waals surface area contributed by atoms with Crippen molar-refractivity contribution < 1.29 is 31.4 Å². The van der Waals surface area contributed by atoms with Crippen molar-refractivity contribution in [3.63, 3.8) is 0 Å². The summed E-state index contributed by atoms with van der Waals surface area (Å²) >= 11 is 0. The minimum Gasteiger partial charge on any atom is -0.463 e. The Balaban J connectivity index is 4.40. The molecule has 0 atom stereocenters.